The Morgan fingerprint density at radius 2 is 2.13 bits per heavy atom. The van der Waals surface area contributed by atoms with Crippen LogP contribution in [-0.4, -0.2) is 16.3 Å². The summed E-state index contributed by atoms with van der Waals surface area (Å²) in [6.45, 7) is 1.78. The Hall–Kier alpha value is -0.860. The summed E-state index contributed by atoms with van der Waals surface area (Å²) in [4.78, 5) is 0. The zero-order chi connectivity index (χ0) is 10.8. The van der Waals surface area contributed by atoms with E-state index in [0.29, 0.717) is 5.92 Å². The fraction of sp³-hybridized carbons (Fsp3) is 0.538. The molecule has 2 N–H and O–H groups in total. The predicted octanol–water partition coefficient (Wildman–Crippen LogP) is 2.37. The van der Waals surface area contributed by atoms with E-state index in [9.17, 15) is 10.2 Å². The van der Waals surface area contributed by atoms with E-state index in [1.807, 2.05) is 12.1 Å². The van der Waals surface area contributed by atoms with Gasteiger partial charge in [-0.2, -0.15) is 0 Å². The molecule has 1 aromatic carbocycles. The molecule has 0 heterocycles. The van der Waals surface area contributed by atoms with Crippen LogP contribution in [0.25, 0.3) is 0 Å². The Bertz CT molecular complexity index is 333. The fourth-order valence-electron chi connectivity index (χ4n) is 2.33. The minimum atomic E-state index is -0.406. The van der Waals surface area contributed by atoms with Crippen LogP contribution in [-0.2, 0) is 0 Å². The maximum Gasteiger partial charge on any atom is 0.0762 e. The largest absolute Gasteiger partial charge is 0.393 e. The van der Waals surface area contributed by atoms with Crippen molar-refractivity contribution >= 4 is 0 Å². The summed E-state index contributed by atoms with van der Waals surface area (Å²) >= 11 is 0. The summed E-state index contributed by atoms with van der Waals surface area (Å²) < 4.78 is 0. The van der Waals surface area contributed by atoms with Gasteiger partial charge in [-0.1, -0.05) is 24.3 Å². The van der Waals surface area contributed by atoms with Gasteiger partial charge in [-0.15, -0.1) is 0 Å². The molecule has 2 heteroatoms. The van der Waals surface area contributed by atoms with Gasteiger partial charge in [0.2, 0.25) is 0 Å². The standard InChI is InChI=1S/C13H18O2/c1-9(14)10-3-2-4-11(7-10)12-5-6-13(15)8-12/h2-4,7,9,12-15H,5-6,8H2,1H3. The highest BCUT2D eigenvalue weighted by molar-refractivity contribution is 5.28. The molecule has 0 bridgehead atoms. The van der Waals surface area contributed by atoms with Crippen LogP contribution in [0.2, 0.25) is 0 Å². The molecule has 1 saturated carbocycles. The van der Waals surface area contributed by atoms with Gasteiger partial charge in [0.1, 0.15) is 0 Å². The van der Waals surface area contributed by atoms with Crippen LogP contribution in [0.5, 0.6) is 0 Å². The van der Waals surface area contributed by atoms with E-state index in [-0.39, 0.29) is 6.10 Å². The van der Waals surface area contributed by atoms with E-state index >= 15 is 0 Å². The van der Waals surface area contributed by atoms with Crippen LogP contribution >= 0.6 is 0 Å². The molecule has 82 valence electrons. The van der Waals surface area contributed by atoms with Crippen molar-refractivity contribution in [2.75, 3.05) is 0 Å². The average molecular weight is 206 g/mol. The zero-order valence-corrected chi connectivity index (χ0v) is 9.06. The van der Waals surface area contributed by atoms with Crippen molar-refractivity contribution in [1.29, 1.82) is 0 Å². The minimum absolute atomic E-state index is 0.134. The maximum absolute atomic E-state index is 9.49. The van der Waals surface area contributed by atoms with Crippen molar-refractivity contribution < 1.29 is 10.2 Å². The number of aliphatic hydroxyl groups excluding tert-OH is 2. The first kappa shape index (κ1) is 10.7. The highest BCUT2D eigenvalue weighted by atomic mass is 16.3. The second kappa shape index (κ2) is 4.33. The molecule has 2 rings (SSSR count). The first-order chi connectivity index (χ1) is 7.16. The fourth-order valence-corrected chi connectivity index (χ4v) is 2.33. The number of aliphatic hydroxyl groups is 2. The lowest BCUT2D eigenvalue weighted by Crippen LogP contribution is -2.00. The lowest BCUT2D eigenvalue weighted by Gasteiger charge is -2.12. The lowest BCUT2D eigenvalue weighted by molar-refractivity contribution is 0.181. The highest BCUT2D eigenvalue weighted by Gasteiger charge is 2.24. The van der Waals surface area contributed by atoms with Gasteiger partial charge in [0, 0.05) is 0 Å². The van der Waals surface area contributed by atoms with Gasteiger partial charge in [0.05, 0.1) is 12.2 Å². The van der Waals surface area contributed by atoms with Crippen LogP contribution in [0.15, 0.2) is 24.3 Å². The SMILES string of the molecule is CC(O)c1cccc(C2CCC(O)C2)c1. The van der Waals surface area contributed by atoms with Crippen molar-refractivity contribution in [1.82, 2.24) is 0 Å². The van der Waals surface area contributed by atoms with Crippen molar-refractivity contribution in [2.45, 2.75) is 44.3 Å². The Balaban J connectivity index is 2.18. The van der Waals surface area contributed by atoms with E-state index in [1.165, 1.54) is 5.56 Å². The lowest BCUT2D eigenvalue weighted by atomic mass is 9.95. The van der Waals surface area contributed by atoms with E-state index in [1.54, 1.807) is 6.92 Å². The predicted molar refractivity (Wildman–Crippen MR) is 59.7 cm³/mol. The molecule has 0 amide bonds. The average Bonchev–Trinajstić information content (AvgIpc) is 2.65. The number of rotatable bonds is 2. The Morgan fingerprint density at radius 1 is 1.33 bits per heavy atom. The van der Waals surface area contributed by atoms with Crippen LogP contribution in [0, 0.1) is 0 Å². The molecule has 1 aliphatic rings. The number of hydrogen-bond donors (Lipinski definition) is 2. The van der Waals surface area contributed by atoms with E-state index < -0.39 is 6.10 Å². The first-order valence-corrected chi connectivity index (χ1v) is 5.63. The van der Waals surface area contributed by atoms with Gasteiger partial charge < -0.3 is 10.2 Å². The molecule has 2 nitrogen and oxygen atoms in total. The first-order valence-electron chi connectivity index (χ1n) is 5.63. The summed E-state index contributed by atoms with van der Waals surface area (Å²) in [6.07, 6.45) is 2.29. The second-order valence-corrected chi connectivity index (χ2v) is 4.51. The molecule has 1 aromatic rings. The topological polar surface area (TPSA) is 40.5 Å². The third kappa shape index (κ3) is 2.39. The van der Waals surface area contributed by atoms with Gasteiger partial charge in [-0.3, -0.25) is 0 Å². The maximum atomic E-state index is 9.49. The van der Waals surface area contributed by atoms with E-state index in [0.717, 1.165) is 24.8 Å². The summed E-state index contributed by atoms with van der Waals surface area (Å²) in [7, 11) is 0. The molecule has 1 aliphatic carbocycles. The molecule has 0 radical (unpaired) electrons. The molecule has 0 aliphatic heterocycles. The van der Waals surface area contributed by atoms with E-state index in [4.69, 9.17) is 0 Å². The van der Waals surface area contributed by atoms with Gasteiger partial charge in [-0.25, -0.2) is 0 Å². The quantitative estimate of drug-likeness (QED) is 0.780. The third-order valence-electron chi connectivity index (χ3n) is 3.27. The Kier molecular flexibility index (Phi) is 3.08. The van der Waals surface area contributed by atoms with Crippen molar-refractivity contribution in [3.8, 4) is 0 Å². The van der Waals surface area contributed by atoms with Crippen molar-refractivity contribution in [2.24, 2.45) is 0 Å². The summed E-state index contributed by atoms with van der Waals surface area (Å²) in [5, 5.41) is 19.0. The monoisotopic (exact) mass is 206 g/mol. The van der Waals surface area contributed by atoms with Gasteiger partial charge in [-0.05, 0) is 43.2 Å². The molecule has 0 spiro atoms. The van der Waals surface area contributed by atoms with Crippen LogP contribution in [0.3, 0.4) is 0 Å². The number of benzene rings is 1. The van der Waals surface area contributed by atoms with Crippen molar-refractivity contribution in [3.05, 3.63) is 35.4 Å². The normalized spacial score (nSPS) is 27.9. The van der Waals surface area contributed by atoms with Gasteiger partial charge >= 0.3 is 0 Å². The van der Waals surface area contributed by atoms with Crippen LogP contribution < -0.4 is 0 Å². The third-order valence-corrected chi connectivity index (χ3v) is 3.27. The molecular formula is C13H18O2. The smallest absolute Gasteiger partial charge is 0.0762 e. The number of hydrogen-bond acceptors (Lipinski definition) is 2. The zero-order valence-electron chi connectivity index (χ0n) is 9.06. The van der Waals surface area contributed by atoms with Gasteiger partial charge in [0.15, 0.2) is 0 Å². The van der Waals surface area contributed by atoms with Crippen LogP contribution in [0.4, 0.5) is 0 Å². The molecule has 0 saturated heterocycles. The second-order valence-electron chi connectivity index (χ2n) is 4.51. The molecule has 15 heavy (non-hydrogen) atoms. The molecule has 0 aromatic heterocycles. The summed E-state index contributed by atoms with van der Waals surface area (Å²) in [6, 6.07) is 8.09. The highest BCUT2D eigenvalue weighted by Crippen LogP contribution is 2.35. The van der Waals surface area contributed by atoms with E-state index in [2.05, 4.69) is 12.1 Å². The van der Waals surface area contributed by atoms with Crippen LogP contribution in [0.1, 0.15) is 49.3 Å². The summed E-state index contributed by atoms with van der Waals surface area (Å²) in [5.74, 6) is 0.471. The molecule has 3 atom stereocenters. The Labute approximate surface area is 90.6 Å². The summed E-state index contributed by atoms with van der Waals surface area (Å²) in [5.41, 5.74) is 2.22. The molecular weight excluding hydrogens is 188 g/mol. The van der Waals surface area contributed by atoms with Gasteiger partial charge in [0.25, 0.3) is 0 Å². The van der Waals surface area contributed by atoms with Crippen molar-refractivity contribution in [3.63, 3.8) is 0 Å². The minimum Gasteiger partial charge on any atom is -0.393 e. The molecule has 3 unspecified atom stereocenters. The molecule has 1 fully saturated rings. The Morgan fingerprint density at radius 3 is 2.73 bits per heavy atom.